The van der Waals surface area contributed by atoms with Crippen molar-refractivity contribution in [3.05, 3.63) is 12.2 Å². The quantitative estimate of drug-likeness (QED) is 0.671. The van der Waals surface area contributed by atoms with E-state index >= 15 is 0 Å². The molecule has 0 aromatic carbocycles. The number of nitrogens with two attached hydrogens (primary N) is 1. The summed E-state index contributed by atoms with van der Waals surface area (Å²) in [5.41, 5.74) is 5.29. The maximum atomic E-state index is 11.8. The fraction of sp³-hybridized carbons (Fsp3) is 0.700. The van der Waals surface area contributed by atoms with Gasteiger partial charge in [0.05, 0.1) is 5.54 Å². The number of H-pyrrole nitrogens is 1. The fourth-order valence-corrected chi connectivity index (χ4v) is 1.73. The zero-order valence-electron chi connectivity index (χ0n) is 9.95. The van der Waals surface area contributed by atoms with Gasteiger partial charge in [-0.3, -0.25) is 9.89 Å². The highest BCUT2D eigenvalue weighted by Crippen LogP contribution is 2.15. The summed E-state index contributed by atoms with van der Waals surface area (Å²) in [5.74, 6) is 0.401. The molecule has 0 radical (unpaired) electrons. The molecule has 1 unspecified atom stereocenters. The van der Waals surface area contributed by atoms with Gasteiger partial charge in [0.1, 0.15) is 6.33 Å². The molecular formula is C10H19N5O. The van der Waals surface area contributed by atoms with Crippen LogP contribution in [0.15, 0.2) is 6.33 Å². The van der Waals surface area contributed by atoms with Crippen LogP contribution in [-0.2, 0) is 0 Å². The normalized spacial score (nSPS) is 14.8. The second-order valence-corrected chi connectivity index (χ2v) is 4.65. The highest BCUT2D eigenvalue weighted by Gasteiger charge is 2.27. The Balaban J connectivity index is 2.66. The standard InChI is InChI=1S/C10H19N5O/c1-7(2)4-10(3,5-11)14-9(16)8-12-6-13-15-8/h6-7H,4-5,11H2,1-3H3,(H,14,16)(H,12,13,15). The summed E-state index contributed by atoms with van der Waals surface area (Å²) in [6.45, 7) is 6.51. The first kappa shape index (κ1) is 12.6. The first-order valence-corrected chi connectivity index (χ1v) is 5.35. The Morgan fingerprint density at radius 2 is 2.38 bits per heavy atom. The number of hydrogen-bond donors (Lipinski definition) is 3. The van der Waals surface area contributed by atoms with Crippen molar-refractivity contribution in [1.29, 1.82) is 0 Å². The van der Waals surface area contributed by atoms with E-state index in [9.17, 15) is 4.79 Å². The van der Waals surface area contributed by atoms with Gasteiger partial charge in [0.25, 0.3) is 5.91 Å². The summed E-state index contributed by atoms with van der Waals surface area (Å²) < 4.78 is 0. The van der Waals surface area contributed by atoms with Gasteiger partial charge >= 0.3 is 0 Å². The maximum Gasteiger partial charge on any atom is 0.289 e. The second kappa shape index (κ2) is 5.07. The monoisotopic (exact) mass is 225 g/mol. The van der Waals surface area contributed by atoms with E-state index < -0.39 is 5.54 Å². The third kappa shape index (κ3) is 3.30. The molecule has 0 fully saturated rings. The van der Waals surface area contributed by atoms with Gasteiger partial charge in [-0.25, -0.2) is 4.98 Å². The first-order chi connectivity index (χ1) is 7.47. The van der Waals surface area contributed by atoms with Gasteiger partial charge in [-0.1, -0.05) is 13.8 Å². The van der Waals surface area contributed by atoms with Crippen LogP contribution < -0.4 is 11.1 Å². The number of aromatic nitrogens is 3. The number of amides is 1. The Hall–Kier alpha value is -1.43. The van der Waals surface area contributed by atoms with E-state index in [-0.39, 0.29) is 11.7 Å². The summed E-state index contributed by atoms with van der Waals surface area (Å²) in [6, 6.07) is 0. The molecule has 6 heteroatoms. The molecule has 1 aromatic rings. The Kier molecular flexibility index (Phi) is 4.00. The summed E-state index contributed by atoms with van der Waals surface area (Å²) in [5, 5.41) is 9.03. The zero-order valence-corrected chi connectivity index (χ0v) is 9.95. The molecule has 0 aliphatic rings. The first-order valence-electron chi connectivity index (χ1n) is 5.35. The third-order valence-corrected chi connectivity index (χ3v) is 2.35. The van der Waals surface area contributed by atoms with E-state index in [4.69, 9.17) is 5.73 Å². The largest absolute Gasteiger partial charge is 0.343 e. The Bertz CT molecular complexity index is 335. The predicted molar refractivity (Wildman–Crippen MR) is 60.8 cm³/mol. The van der Waals surface area contributed by atoms with Gasteiger partial charge in [-0.15, -0.1) is 0 Å². The van der Waals surface area contributed by atoms with Crippen LogP contribution in [0, 0.1) is 5.92 Å². The minimum atomic E-state index is -0.405. The van der Waals surface area contributed by atoms with Crippen LogP contribution in [0.3, 0.4) is 0 Å². The number of rotatable bonds is 5. The average Bonchev–Trinajstić information content (AvgIpc) is 2.69. The zero-order chi connectivity index (χ0) is 12.2. The van der Waals surface area contributed by atoms with E-state index in [1.165, 1.54) is 6.33 Å². The van der Waals surface area contributed by atoms with Crippen LogP contribution >= 0.6 is 0 Å². The Morgan fingerprint density at radius 1 is 1.69 bits per heavy atom. The third-order valence-electron chi connectivity index (χ3n) is 2.35. The lowest BCUT2D eigenvalue weighted by molar-refractivity contribution is 0.0888. The van der Waals surface area contributed by atoms with Crippen molar-refractivity contribution in [1.82, 2.24) is 20.5 Å². The fourth-order valence-electron chi connectivity index (χ4n) is 1.73. The minimum Gasteiger partial charge on any atom is -0.343 e. The number of carbonyl (C=O) groups is 1. The van der Waals surface area contributed by atoms with Gasteiger partial charge in [0.2, 0.25) is 5.82 Å². The lowest BCUT2D eigenvalue weighted by atomic mass is 9.91. The number of hydrogen-bond acceptors (Lipinski definition) is 4. The van der Waals surface area contributed by atoms with Crippen LogP contribution in [0.1, 0.15) is 37.8 Å². The van der Waals surface area contributed by atoms with E-state index in [1.807, 2.05) is 6.92 Å². The second-order valence-electron chi connectivity index (χ2n) is 4.65. The van der Waals surface area contributed by atoms with E-state index in [1.54, 1.807) is 0 Å². The average molecular weight is 225 g/mol. The summed E-state index contributed by atoms with van der Waals surface area (Å²) in [6.07, 6.45) is 2.13. The van der Waals surface area contributed by atoms with Crippen molar-refractivity contribution in [2.75, 3.05) is 6.54 Å². The van der Waals surface area contributed by atoms with Crippen LogP contribution in [0.5, 0.6) is 0 Å². The smallest absolute Gasteiger partial charge is 0.289 e. The summed E-state index contributed by atoms with van der Waals surface area (Å²) in [4.78, 5) is 15.6. The van der Waals surface area contributed by atoms with E-state index in [0.29, 0.717) is 12.5 Å². The van der Waals surface area contributed by atoms with Crippen LogP contribution in [0.4, 0.5) is 0 Å². The minimum absolute atomic E-state index is 0.212. The summed E-state index contributed by atoms with van der Waals surface area (Å²) >= 11 is 0. The lowest BCUT2D eigenvalue weighted by Gasteiger charge is -2.30. The van der Waals surface area contributed by atoms with Gasteiger partial charge in [-0.2, -0.15) is 5.10 Å². The van der Waals surface area contributed by atoms with Crippen molar-refractivity contribution in [3.8, 4) is 0 Å². The number of aromatic amines is 1. The molecule has 90 valence electrons. The molecule has 1 amide bonds. The highest BCUT2D eigenvalue weighted by molar-refractivity contribution is 5.90. The molecule has 1 heterocycles. The summed E-state index contributed by atoms with van der Waals surface area (Å²) in [7, 11) is 0. The van der Waals surface area contributed by atoms with Crippen LogP contribution in [0.25, 0.3) is 0 Å². The number of carbonyl (C=O) groups excluding carboxylic acids is 1. The molecule has 1 rings (SSSR count). The molecule has 0 bridgehead atoms. The molecule has 16 heavy (non-hydrogen) atoms. The molecule has 1 atom stereocenters. The van der Waals surface area contributed by atoms with E-state index in [2.05, 4.69) is 34.3 Å². The lowest BCUT2D eigenvalue weighted by Crippen LogP contribution is -2.52. The van der Waals surface area contributed by atoms with Crippen molar-refractivity contribution in [2.45, 2.75) is 32.7 Å². The van der Waals surface area contributed by atoms with E-state index in [0.717, 1.165) is 6.42 Å². The molecule has 1 aromatic heterocycles. The van der Waals surface area contributed by atoms with Crippen molar-refractivity contribution in [2.24, 2.45) is 11.7 Å². The molecule has 0 saturated carbocycles. The molecule has 0 aliphatic heterocycles. The molecule has 6 nitrogen and oxygen atoms in total. The molecule has 4 N–H and O–H groups in total. The van der Waals surface area contributed by atoms with Gasteiger partial charge in [0.15, 0.2) is 0 Å². The SMILES string of the molecule is CC(C)CC(C)(CN)NC(=O)c1ncn[nH]1. The topological polar surface area (TPSA) is 96.7 Å². The van der Waals surface area contributed by atoms with Crippen molar-refractivity contribution in [3.63, 3.8) is 0 Å². The number of nitrogens with zero attached hydrogens (tertiary/aromatic N) is 2. The molecule has 0 aliphatic carbocycles. The Morgan fingerprint density at radius 3 is 2.81 bits per heavy atom. The van der Waals surface area contributed by atoms with Crippen LogP contribution in [-0.4, -0.2) is 33.2 Å². The van der Waals surface area contributed by atoms with Gasteiger partial charge in [0, 0.05) is 6.54 Å². The molecular weight excluding hydrogens is 206 g/mol. The highest BCUT2D eigenvalue weighted by atomic mass is 16.2. The van der Waals surface area contributed by atoms with Crippen molar-refractivity contribution < 1.29 is 4.79 Å². The number of nitrogens with one attached hydrogen (secondary N) is 2. The van der Waals surface area contributed by atoms with Gasteiger partial charge in [-0.05, 0) is 19.3 Å². The maximum absolute atomic E-state index is 11.8. The van der Waals surface area contributed by atoms with Crippen LogP contribution in [0.2, 0.25) is 0 Å². The molecule has 0 saturated heterocycles. The van der Waals surface area contributed by atoms with Crippen molar-refractivity contribution >= 4 is 5.91 Å². The molecule has 0 spiro atoms. The van der Waals surface area contributed by atoms with Gasteiger partial charge < -0.3 is 11.1 Å². The Labute approximate surface area is 95.0 Å². The predicted octanol–water partition coefficient (Wildman–Crippen LogP) is 0.298.